The summed E-state index contributed by atoms with van der Waals surface area (Å²) in [4.78, 5) is 45.6. The summed E-state index contributed by atoms with van der Waals surface area (Å²) in [5.74, 6) is -0.609. The van der Waals surface area contributed by atoms with Gasteiger partial charge >= 0.3 is 0 Å². The number of nitrogens with zero attached hydrogens (tertiary/aromatic N) is 2. The Labute approximate surface area is 170 Å². The van der Waals surface area contributed by atoms with E-state index in [0.29, 0.717) is 5.56 Å². The van der Waals surface area contributed by atoms with E-state index >= 15 is 0 Å². The Morgan fingerprint density at radius 2 is 1.50 bits per heavy atom. The molecule has 0 aliphatic carbocycles. The molecule has 0 fully saturated rings. The van der Waals surface area contributed by atoms with Crippen molar-refractivity contribution in [2.45, 2.75) is 0 Å². The molecule has 30 heavy (non-hydrogen) atoms. The topological polar surface area (TPSA) is 120 Å². The molecule has 3 aromatic rings. The van der Waals surface area contributed by atoms with Crippen LogP contribution in [0.25, 0.3) is 12.2 Å². The third-order valence-corrected chi connectivity index (χ3v) is 4.34. The average Bonchev–Trinajstić information content (AvgIpc) is 2.77. The second-order valence-corrected chi connectivity index (χ2v) is 6.16. The molecule has 3 aromatic carbocycles. The fraction of sp³-hybridized carbons (Fsp3) is 0. The van der Waals surface area contributed by atoms with Gasteiger partial charge in [-0.25, -0.2) is 0 Å². The van der Waals surface area contributed by atoms with Crippen molar-refractivity contribution in [2.24, 2.45) is 0 Å². The number of nitro benzene ring substituents is 2. The number of hydrogen-bond donors (Lipinski definition) is 0. The maximum atomic E-state index is 13.0. The zero-order valence-corrected chi connectivity index (χ0v) is 15.3. The Balaban J connectivity index is 2.15. The van der Waals surface area contributed by atoms with E-state index in [9.17, 15) is 29.8 Å². The molecule has 0 aromatic heterocycles. The second-order valence-electron chi connectivity index (χ2n) is 6.16. The summed E-state index contributed by atoms with van der Waals surface area (Å²) >= 11 is 0. The van der Waals surface area contributed by atoms with Crippen molar-refractivity contribution in [2.75, 3.05) is 0 Å². The Bertz CT molecular complexity index is 1170. The maximum Gasteiger partial charge on any atom is 0.281 e. The van der Waals surface area contributed by atoms with Crippen LogP contribution in [0.15, 0.2) is 66.7 Å². The van der Waals surface area contributed by atoms with E-state index in [1.807, 2.05) is 0 Å². The first-order chi connectivity index (χ1) is 14.4. The van der Waals surface area contributed by atoms with Gasteiger partial charge < -0.3 is 0 Å². The summed E-state index contributed by atoms with van der Waals surface area (Å²) in [5, 5.41) is 22.3. The van der Waals surface area contributed by atoms with E-state index in [0.717, 1.165) is 6.07 Å². The molecule has 0 bridgehead atoms. The lowest BCUT2D eigenvalue weighted by Crippen LogP contribution is -2.09. The largest absolute Gasteiger partial charge is 0.288 e. The standard InChI is InChI=1S/C22H13N2O6/c25-14-17-9-13-20(24(29)30)21(22(26)16-4-2-1-3-5-16)19(17)12-8-15-6-10-18(11-7-15)23(27)28/h1-13H/b12-8+. The molecule has 0 unspecified atom stereocenters. The smallest absolute Gasteiger partial charge is 0.281 e. The minimum Gasteiger partial charge on any atom is -0.288 e. The Kier molecular flexibility index (Phi) is 5.88. The molecule has 0 saturated heterocycles. The van der Waals surface area contributed by atoms with Crippen molar-refractivity contribution in [3.05, 3.63) is 115 Å². The fourth-order valence-electron chi connectivity index (χ4n) is 2.88. The van der Waals surface area contributed by atoms with Crippen molar-refractivity contribution in [1.82, 2.24) is 0 Å². The Morgan fingerprint density at radius 1 is 0.833 bits per heavy atom. The van der Waals surface area contributed by atoms with Gasteiger partial charge in [-0.2, -0.15) is 0 Å². The molecule has 0 saturated carbocycles. The third kappa shape index (κ3) is 4.17. The van der Waals surface area contributed by atoms with Gasteiger partial charge in [-0.05, 0) is 23.8 Å². The summed E-state index contributed by atoms with van der Waals surface area (Å²) in [6, 6.07) is 15.9. The van der Waals surface area contributed by atoms with Gasteiger partial charge in [-0.15, -0.1) is 0 Å². The minimum absolute atomic E-state index is 0.0157. The zero-order valence-electron chi connectivity index (χ0n) is 15.3. The molecule has 8 heteroatoms. The van der Waals surface area contributed by atoms with Crippen molar-refractivity contribution in [3.63, 3.8) is 0 Å². The van der Waals surface area contributed by atoms with E-state index in [4.69, 9.17) is 0 Å². The highest BCUT2D eigenvalue weighted by Crippen LogP contribution is 2.29. The van der Waals surface area contributed by atoms with Gasteiger partial charge in [0.15, 0.2) is 0 Å². The molecule has 0 aliphatic heterocycles. The van der Waals surface area contributed by atoms with Gasteiger partial charge in [0.05, 0.1) is 9.85 Å². The van der Waals surface area contributed by atoms with Gasteiger partial charge in [-0.1, -0.05) is 42.5 Å². The molecule has 3 rings (SSSR count). The number of rotatable bonds is 7. The van der Waals surface area contributed by atoms with Crippen LogP contribution in [0, 0.1) is 20.2 Å². The van der Waals surface area contributed by atoms with Gasteiger partial charge in [0.25, 0.3) is 11.4 Å². The number of carbonyl (C=O) groups is 1. The summed E-state index contributed by atoms with van der Waals surface area (Å²) in [6.07, 6.45) is 4.60. The van der Waals surface area contributed by atoms with Crippen LogP contribution >= 0.6 is 0 Å². The first kappa shape index (κ1) is 20.3. The molecular weight excluding hydrogens is 388 g/mol. The predicted octanol–water partition coefficient (Wildman–Crippen LogP) is 4.36. The normalized spacial score (nSPS) is 10.7. The van der Waals surface area contributed by atoms with Gasteiger partial charge in [-0.3, -0.25) is 29.8 Å². The van der Waals surface area contributed by atoms with Crippen molar-refractivity contribution >= 4 is 35.6 Å². The second kappa shape index (κ2) is 8.70. The number of nitro groups is 2. The lowest BCUT2D eigenvalue weighted by Gasteiger charge is -2.09. The van der Waals surface area contributed by atoms with Crippen LogP contribution in [-0.2, 0) is 4.79 Å². The molecule has 0 amide bonds. The van der Waals surface area contributed by atoms with Gasteiger partial charge in [0.2, 0.25) is 12.1 Å². The highest BCUT2D eigenvalue weighted by atomic mass is 16.6. The predicted molar refractivity (Wildman–Crippen MR) is 110 cm³/mol. The first-order valence-electron chi connectivity index (χ1n) is 8.64. The van der Waals surface area contributed by atoms with Crippen molar-refractivity contribution in [1.29, 1.82) is 0 Å². The minimum atomic E-state index is -0.687. The monoisotopic (exact) mass is 401 g/mol. The summed E-state index contributed by atoms with van der Waals surface area (Å²) < 4.78 is 0. The zero-order chi connectivity index (χ0) is 21.7. The quantitative estimate of drug-likeness (QED) is 0.251. The van der Waals surface area contributed by atoms with Crippen LogP contribution < -0.4 is 0 Å². The van der Waals surface area contributed by atoms with Crippen LogP contribution in [0.4, 0.5) is 11.4 Å². The number of ketones is 1. The van der Waals surface area contributed by atoms with E-state index in [1.165, 1.54) is 54.6 Å². The number of carbonyl (C=O) groups excluding carboxylic acids is 2. The van der Waals surface area contributed by atoms with Crippen LogP contribution in [0.1, 0.15) is 32.6 Å². The highest BCUT2D eigenvalue weighted by Gasteiger charge is 2.26. The highest BCUT2D eigenvalue weighted by molar-refractivity contribution is 6.15. The molecule has 0 atom stereocenters. The van der Waals surface area contributed by atoms with Crippen LogP contribution in [-0.4, -0.2) is 21.9 Å². The molecule has 8 nitrogen and oxygen atoms in total. The summed E-state index contributed by atoms with van der Waals surface area (Å²) in [5.41, 5.74) is 0.0425. The fourth-order valence-corrected chi connectivity index (χ4v) is 2.88. The number of non-ortho nitro benzene ring substituents is 1. The van der Waals surface area contributed by atoms with Crippen molar-refractivity contribution in [3.8, 4) is 0 Å². The SMILES string of the molecule is O=[C]c1ccc([N+](=O)[O-])c(C(=O)c2ccccc2)c1/C=C/c1ccc([N+](=O)[O-])cc1. The lowest BCUT2D eigenvalue weighted by atomic mass is 9.92. The van der Waals surface area contributed by atoms with Crippen molar-refractivity contribution < 1.29 is 19.4 Å². The van der Waals surface area contributed by atoms with E-state index in [-0.39, 0.29) is 27.9 Å². The average molecular weight is 401 g/mol. The summed E-state index contributed by atoms with van der Waals surface area (Å²) in [6.45, 7) is 0. The summed E-state index contributed by atoms with van der Waals surface area (Å²) in [7, 11) is 0. The molecule has 1 radical (unpaired) electrons. The molecule has 0 N–H and O–H groups in total. The van der Waals surface area contributed by atoms with E-state index in [1.54, 1.807) is 24.5 Å². The Morgan fingerprint density at radius 3 is 2.07 bits per heavy atom. The molecule has 0 heterocycles. The van der Waals surface area contributed by atoms with Gasteiger partial charge in [0, 0.05) is 34.9 Å². The van der Waals surface area contributed by atoms with Crippen LogP contribution in [0.2, 0.25) is 0 Å². The van der Waals surface area contributed by atoms with E-state index in [2.05, 4.69) is 0 Å². The number of benzene rings is 3. The lowest BCUT2D eigenvalue weighted by molar-refractivity contribution is -0.385. The number of hydrogen-bond acceptors (Lipinski definition) is 6. The third-order valence-electron chi connectivity index (χ3n) is 4.34. The van der Waals surface area contributed by atoms with Crippen LogP contribution in [0.3, 0.4) is 0 Å². The molecule has 0 spiro atoms. The van der Waals surface area contributed by atoms with Gasteiger partial charge in [0.1, 0.15) is 5.56 Å². The Hall–Kier alpha value is -4.46. The van der Waals surface area contributed by atoms with Crippen LogP contribution in [0.5, 0.6) is 0 Å². The molecule has 0 aliphatic rings. The molecule has 147 valence electrons. The maximum absolute atomic E-state index is 13.0. The molecular formula is C22H13N2O6. The first-order valence-corrected chi connectivity index (χ1v) is 8.64. The van der Waals surface area contributed by atoms with E-state index < -0.39 is 21.3 Å².